The van der Waals surface area contributed by atoms with E-state index in [0.717, 1.165) is 5.56 Å². The molecule has 1 atom stereocenters. The summed E-state index contributed by atoms with van der Waals surface area (Å²) in [6.45, 7) is 3.56. The Kier molecular flexibility index (Phi) is 4.83. The maximum absolute atomic E-state index is 12.4. The van der Waals surface area contributed by atoms with Crippen LogP contribution >= 0.6 is 11.6 Å². The standard InChI is InChI=1S/C14H17ClN2O3S/c1-3-11(18)8-16-21(19,20)12-6-4-5-10-7-9(2)14(15)17-13(10)12/h4-7,11,16,18H,3,8H2,1-2H3. The normalized spacial score (nSPS) is 13.5. The van der Waals surface area contributed by atoms with Crippen LogP contribution in [0.3, 0.4) is 0 Å². The lowest BCUT2D eigenvalue weighted by atomic mass is 10.2. The molecular formula is C14H17ClN2O3S. The molecule has 2 rings (SSSR count). The minimum Gasteiger partial charge on any atom is -0.392 e. The molecule has 0 fully saturated rings. The van der Waals surface area contributed by atoms with Crippen molar-refractivity contribution >= 4 is 32.5 Å². The van der Waals surface area contributed by atoms with Crippen LogP contribution in [0.2, 0.25) is 5.15 Å². The molecule has 2 N–H and O–H groups in total. The van der Waals surface area contributed by atoms with Gasteiger partial charge >= 0.3 is 0 Å². The van der Waals surface area contributed by atoms with Crippen molar-refractivity contribution in [1.82, 2.24) is 9.71 Å². The minimum atomic E-state index is -3.75. The van der Waals surface area contributed by atoms with Gasteiger partial charge in [-0.1, -0.05) is 30.7 Å². The molecule has 1 unspecified atom stereocenters. The Bertz CT molecular complexity index is 762. The van der Waals surface area contributed by atoms with Crippen LogP contribution in [-0.4, -0.2) is 31.2 Å². The van der Waals surface area contributed by atoms with Gasteiger partial charge in [-0.25, -0.2) is 18.1 Å². The quantitative estimate of drug-likeness (QED) is 0.825. The van der Waals surface area contributed by atoms with E-state index in [0.29, 0.717) is 17.3 Å². The molecule has 0 amide bonds. The molecule has 0 radical (unpaired) electrons. The number of fused-ring (bicyclic) bond motifs is 1. The molecule has 0 aliphatic carbocycles. The predicted octanol–water partition coefficient (Wildman–Crippen LogP) is 2.25. The molecule has 7 heteroatoms. The molecule has 21 heavy (non-hydrogen) atoms. The number of aryl methyl sites for hydroxylation is 1. The van der Waals surface area contributed by atoms with Crippen molar-refractivity contribution in [2.75, 3.05) is 6.54 Å². The summed E-state index contributed by atoms with van der Waals surface area (Å²) in [6, 6.07) is 6.71. The Morgan fingerprint density at radius 3 is 2.81 bits per heavy atom. The van der Waals surface area contributed by atoms with Crippen molar-refractivity contribution in [3.63, 3.8) is 0 Å². The zero-order valence-corrected chi connectivity index (χ0v) is 13.4. The minimum absolute atomic E-state index is 0.0329. The molecule has 1 aromatic heterocycles. The van der Waals surface area contributed by atoms with Gasteiger partial charge in [0.2, 0.25) is 10.0 Å². The van der Waals surface area contributed by atoms with Gasteiger partial charge in [-0.2, -0.15) is 0 Å². The summed E-state index contributed by atoms with van der Waals surface area (Å²) < 4.78 is 27.1. The first-order valence-corrected chi connectivity index (χ1v) is 8.45. The van der Waals surface area contributed by atoms with E-state index < -0.39 is 16.1 Å². The highest BCUT2D eigenvalue weighted by Gasteiger charge is 2.19. The molecule has 0 saturated carbocycles. The first-order chi connectivity index (χ1) is 9.85. The van der Waals surface area contributed by atoms with E-state index in [1.165, 1.54) is 6.07 Å². The van der Waals surface area contributed by atoms with Gasteiger partial charge in [0, 0.05) is 11.9 Å². The lowest BCUT2D eigenvalue weighted by molar-refractivity contribution is 0.174. The van der Waals surface area contributed by atoms with E-state index in [2.05, 4.69) is 9.71 Å². The van der Waals surface area contributed by atoms with E-state index in [9.17, 15) is 13.5 Å². The van der Waals surface area contributed by atoms with Crippen molar-refractivity contribution < 1.29 is 13.5 Å². The molecule has 1 heterocycles. The van der Waals surface area contributed by atoms with Gasteiger partial charge < -0.3 is 5.11 Å². The number of aliphatic hydroxyl groups is 1. The Morgan fingerprint density at radius 1 is 1.43 bits per heavy atom. The van der Waals surface area contributed by atoms with Crippen LogP contribution in [0, 0.1) is 6.92 Å². The Labute approximate surface area is 129 Å². The van der Waals surface area contributed by atoms with Gasteiger partial charge in [0.05, 0.1) is 11.6 Å². The summed E-state index contributed by atoms with van der Waals surface area (Å²) in [5, 5.41) is 10.5. The second kappa shape index (κ2) is 6.27. The number of nitrogens with one attached hydrogen (secondary N) is 1. The van der Waals surface area contributed by atoms with E-state index in [4.69, 9.17) is 11.6 Å². The molecular weight excluding hydrogens is 312 g/mol. The predicted molar refractivity (Wildman–Crippen MR) is 83.0 cm³/mol. The number of pyridine rings is 1. The van der Waals surface area contributed by atoms with Crippen molar-refractivity contribution in [3.8, 4) is 0 Å². The number of aromatic nitrogens is 1. The van der Waals surface area contributed by atoms with Crippen molar-refractivity contribution in [2.45, 2.75) is 31.3 Å². The molecule has 2 aromatic rings. The SMILES string of the molecule is CCC(O)CNS(=O)(=O)c1cccc2cc(C)c(Cl)nc12. The number of halogens is 1. The zero-order valence-electron chi connectivity index (χ0n) is 11.8. The number of aliphatic hydroxyl groups excluding tert-OH is 1. The highest BCUT2D eigenvalue weighted by molar-refractivity contribution is 7.89. The number of nitrogens with zero attached hydrogens (tertiary/aromatic N) is 1. The van der Waals surface area contributed by atoms with Gasteiger partial charge in [0.25, 0.3) is 0 Å². The number of hydrogen-bond donors (Lipinski definition) is 2. The number of benzene rings is 1. The van der Waals surface area contributed by atoms with Gasteiger partial charge in [-0.3, -0.25) is 0 Å². The first kappa shape index (κ1) is 16.2. The highest BCUT2D eigenvalue weighted by Crippen LogP contribution is 2.25. The van der Waals surface area contributed by atoms with Gasteiger partial charge in [0.1, 0.15) is 10.0 Å². The first-order valence-electron chi connectivity index (χ1n) is 6.58. The highest BCUT2D eigenvalue weighted by atomic mass is 35.5. The van der Waals surface area contributed by atoms with Gasteiger partial charge in [-0.05, 0) is 31.0 Å². The average molecular weight is 329 g/mol. The van der Waals surface area contributed by atoms with Crippen molar-refractivity contribution in [3.05, 3.63) is 35.0 Å². The zero-order chi connectivity index (χ0) is 15.6. The van der Waals surface area contributed by atoms with E-state index in [1.807, 2.05) is 6.92 Å². The summed E-state index contributed by atoms with van der Waals surface area (Å²) in [4.78, 5) is 4.23. The number of sulfonamides is 1. The Balaban J connectivity index is 2.48. The summed E-state index contributed by atoms with van der Waals surface area (Å²) in [5.74, 6) is 0. The molecule has 0 saturated heterocycles. The number of hydrogen-bond acceptors (Lipinski definition) is 4. The van der Waals surface area contributed by atoms with E-state index in [1.54, 1.807) is 25.1 Å². The van der Waals surface area contributed by atoms with Crippen LogP contribution in [0.4, 0.5) is 0 Å². The van der Waals surface area contributed by atoms with E-state index in [-0.39, 0.29) is 16.6 Å². The van der Waals surface area contributed by atoms with Gasteiger partial charge in [0.15, 0.2) is 0 Å². The third-order valence-electron chi connectivity index (χ3n) is 3.21. The van der Waals surface area contributed by atoms with Crippen LogP contribution in [0.5, 0.6) is 0 Å². The summed E-state index contributed by atoms with van der Waals surface area (Å²) in [7, 11) is -3.75. The monoisotopic (exact) mass is 328 g/mol. The fourth-order valence-corrected chi connectivity index (χ4v) is 3.28. The van der Waals surface area contributed by atoms with E-state index >= 15 is 0 Å². The fraction of sp³-hybridized carbons (Fsp3) is 0.357. The molecule has 0 bridgehead atoms. The second-order valence-electron chi connectivity index (χ2n) is 4.84. The Morgan fingerprint density at radius 2 is 2.14 bits per heavy atom. The molecule has 0 spiro atoms. The smallest absolute Gasteiger partial charge is 0.242 e. The third-order valence-corrected chi connectivity index (χ3v) is 5.05. The summed E-state index contributed by atoms with van der Waals surface area (Å²) >= 11 is 5.99. The summed E-state index contributed by atoms with van der Waals surface area (Å²) in [5.41, 5.74) is 1.11. The molecule has 5 nitrogen and oxygen atoms in total. The lowest BCUT2D eigenvalue weighted by Gasteiger charge is -2.12. The molecule has 0 aliphatic heterocycles. The van der Waals surface area contributed by atoms with Crippen LogP contribution < -0.4 is 4.72 Å². The molecule has 0 aliphatic rings. The maximum atomic E-state index is 12.4. The van der Waals surface area contributed by atoms with Crippen LogP contribution in [0.15, 0.2) is 29.2 Å². The number of rotatable bonds is 5. The third kappa shape index (κ3) is 3.52. The molecule has 114 valence electrons. The Hall–Kier alpha value is -1.21. The topological polar surface area (TPSA) is 79.3 Å². The average Bonchev–Trinajstić information content (AvgIpc) is 2.45. The lowest BCUT2D eigenvalue weighted by Crippen LogP contribution is -2.32. The van der Waals surface area contributed by atoms with Crippen molar-refractivity contribution in [2.24, 2.45) is 0 Å². The van der Waals surface area contributed by atoms with Crippen molar-refractivity contribution in [1.29, 1.82) is 0 Å². The second-order valence-corrected chi connectivity index (χ2v) is 6.93. The van der Waals surface area contributed by atoms with Crippen LogP contribution in [0.25, 0.3) is 10.9 Å². The number of para-hydroxylation sites is 1. The van der Waals surface area contributed by atoms with Crippen LogP contribution in [0.1, 0.15) is 18.9 Å². The van der Waals surface area contributed by atoms with Gasteiger partial charge in [-0.15, -0.1) is 0 Å². The fourth-order valence-electron chi connectivity index (χ4n) is 1.90. The van der Waals surface area contributed by atoms with Crippen LogP contribution in [-0.2, 0) is 10.0 Å². The molecule has 1 aromatic carbocycles. The largest absolute Gasteiger partial charge is 0.392 e. The summed E-state index contributed by atoms with van der Waals surface area (Å²) in [6.07, 6.45) is -0.241. The maximum Gasteiger partial charge on any atom is 0.242 e.